The number of hydrogen-bond acceptors (Lipinski definition) is 3. The Bertz CT molecular complexity index is 1230. The molecule has 0 bridgehead atoms. The Balaban J connectivity index is 1.19. The molecular formula is C25H25FN2O2. The van der Waals surface area contributed by atoms with Gasteiger partial charge in [0.25, 0.3) is 5.56 Å². The second-order valence-electron chi connectivity index (χ2n) is 8.29. The lowest BCUT2D eigenvalue weighted by Gasteiger charge is -2.32. The Morgan fingerprint density at radius 2 is 1.77 bits per heavy atom. The van der Waals surface area contributed by atoms with E-state index in [1.807, 2.05) is 0 Å². The minimum Gasteiger partial charge on any atom is -0.376 e. The summed E-state index contributed by atoms with van der Waals surface area (Å²) in [7, 11) is 0. The van der Waals surface area contributed by atoms with Gasteiger partial charge in [0.2, 0.25) is 0 Å². The van der Waals surface area contributed by atoms with Gasteiger partial charge in [0.1, 0.15) is 5.82 Å². The lowest BCUT2D eigenvalue weighted by atomic mass is 9.93. The van der Waals surface area contributed by atoms with Crippen LogP contribution in [-0.4, -0.2) is 22.7 Å². The largest absolute Gasteiger partial charge is 0.376 e. The highest BCUT2D eigenvalue weighted by Gasteiger charge is 2.20. The number of likely N-dealkylation sites (tertiary alicyclic amines) is 1. The maximum absolute atomic E-state index is 13.4. The minimum atomic E-state index is -0.387. The molecule has 4 nitrogen and oxygen atoms in total. The van der Waals surface area contributed by atoms with Crippen molar-refractivity contribution in [2.75, 3.05) is 13.1 Å². The van der Waals surface area contributed by atoms with E-state index in [4.69, 9.17) is 4.52 Å². The topological polar surface area (TPSA) is 38.4 Å². The molecule has 0 atom stereocenters. The molecule has 0 amide bonds. The van der Waals surface area contributed by atoms with E-state index in [2.05, 4.69) is 47.4 Å². The summed E-state index contributed by atoms with van der Waals surface area (Å²) in [6.07, 6.45) is 3.15. The van der Waals surface area contributed by atoms with Crippen LogP contribution in [0.2, 0.25) is 0 Å². The van der Waals surface area contributed by atoms with Gasteiger partial charge in [-0.1, -0.05) is 42.5 Å². The summed E-state index contributed by atoms with van der Waals surface area (Å²) in [4.78, 5) is 14.9. The average Bonchev–Trinajstić information content (AvgIpc) is 3.08. The first-order valence-electron chi connectivity index (χ1n) is 10.7. The van der Waals surface area contributed by atoms with Crippen molar-refractivity contribution in [2.45, 2.75) is 32.4 Å². The van der Waals surface area contributed by atoms with Crippen LogP contribution in [-0.2, 0) is 13.1 Å². The van der Waals surface area contributed by atoms with Gasteiger partial charge < -0.3 is 4.52 Å². The lowest BCUT2D eigenvalue weighted by molar-refractivity contribution is 0.159. The summed E-state index contributed by atoms with van der Waals surface area (Å²) in [5, 5.41) is 3.07. The molecule has 5 heteroatoms. The van der Waals surface area contributed by atoms with Crippen molar-refractivity contribution in [2.24, 2.45) is 5.92 Å². The summed E-state index contributed by atoms with van der Waals surface area (Å²) in [5.74, 6) is 0.188. The highest BCUT2D eigenvalue weighted by atomic mass is 19.1. The SMILES string of the molecule is O=c1c2ccc(F)cc2on1CCC1CCN(Cc2cccc3ccccc23)CC1. The standard InChI is InChI=1S/C25H25FN2O2/c26-21-8-9-23-24(16-21)30-28(25(23)29)15-12-18-10-13-27(14-11-18)17-20-6-3-5-19-4-1-2-7-22(19)20/h1-9,16,18H,10-15,17H2. The van der Waals surface area contributed by atoms with Crippen LogP contribution >= 0.6 is 0 Å². The number of piperidine rings is 1. The van der Waals surface area contributed by atoms with Crippen LogP contribution in [0, 0.1) is 11.7 Å². The Labute approximate surface area is 174 Å². The quantitative estimate of drug-likeness (QED) is 0.460. The van der Waals surface area contributed by atoms with Crippen molar-refractivity contribution in [3.05, 3.63) is 82.4 Å². The van der Waals surface area contributed by atoms with Gasteiger partial charge in [-0.25, -0.2) is 4.39 Å². The van der Waals surface area contributed by atoms with Crippen molar-refractivity contribution in [1.29, 1.82) is 0 Å². The highest BCUT2D eigenvalue weighted by molar-refractivity contribution is 5.85. The van der Waals surface area contributed by atoms with Crippen LogP contribution in [0.4, 0.5) is 4.39 Å². The summed E-state index contributed by atoms with van der Waals surface area (Å²) < 4.78 is 20.3. The summed E-state index contributed by atoms with van der Waals surface area (Å²) in [6.45, 7) is 3.65. The molecule has 3 aromatic carbocycles. The molecule has 0 unspecified atom stereocenters. The molecule has 4 aromatic rings. The Morgan fingerprint density at radius 1 is 0.967 bits per heavy atom. The maximum Gasteiger partial charge on any atom is 0.290 e. The molecule has 0 aliphatic carbocycles. The van der Waals surface area contributed by atoms with Gasteiger partial charge in [-0.15, -0.1) is 0 Å². The number of aromatic nitrogens is 1. The first-order valence-corrected chi connectivity index (χ1v) is 10.7. The molecule has 0 N–H and O–H groups in total. The van der Waals surface area contributed by atoms with E-state index in [-0.39, 0.29) is 11.4 Å². The fourth-order valence-electron chi connectivity index (χ4n) is 4.59. The average molecular weight is 404 g/mol. The fourth-order valence-corrected chi connectivity index (χ4v) is 4.59. The van der Waals surface area contributed by atoms with E-state index in [1.165, 1.54) is 39.3 Å². The smallest absolute Gasteiger partial charge is 0.290 e. The molecule has 1 aromatic heterocycles. The Hall–Kier alpha value is -2.92. The summed E-state index contributed by atoms with van der Waals surface area (Å²) in [5.41, 5.74) is 1.54. The third-order valence-electron chi connectivity index (χ3n) is 6.33. The zero-order valence-electron chi connectivity index (χ0n) is 16.9. The predicted molar refractivity (Wildman–Crippen MR) is 117 cm³/mol. The van der Waals surface area contributed by atoms with Gasteiger partial charge in [0, 0.05) is 12.6 Å². The van der Waals surface area contributed by atoms with Crippen LogP contribution in [0.15, 0.2) is 70.0 Å². The number of halogens is 1. The Kier molecular flexibility index (Phi) is 5.13. The van der Waals surface area contributed by atoms with E-state index in [0.29, 0.717) is 23.4 Å². The molecule has 1 aliphatic heterocycles. The predicted octanol–water partition coefficient (Wildman–Crippen LogP) is 5.19. The van der Waals surface area contributed by atoms with E-state index in [9.17, 15) is 9.18 Å². The van der Waals surface area contributed by atoms with Crippen molar-refractivity contribution in [1.82, 2.24) is 9.64 Å². The van der Waals surface area contributed by atoms with Gasteiger partial charge >= 0.3 is 0 Å². The molecule has 0 saturated carbocycles. The zero-order valence-corrected chi connectivity index (χ0v) is 16.9. The molecule has 30 heavy (non-hydrogen) atoms. The van der Waals surface area contributed by atoms with Gasteiger partial charge in [-0.2, -0.15) is 4.74 Å². The van der Waals surface area contributed by atoms with Crippen LogP contribution in [0.25, 0.3) is 21.7 Å². The second-order valence-corrected chi connectivity index (χ2v) is 8.29. The number of benzene rings is 3. The summed E-state index contributed by atoms with van der Waals surface area (Å²) in [6, 6.07) is 19.2. The maximum atomic E-state index is 13.4. The molecule has 2 heterocycles. The molecule has 1 saturated heterocycles. The van der Waals surface area contributed by atoms with Gasteiger partial charge in [-0.3, -0.25) is 9.69 Å². The van der Waals surface area contributed by atoms with Crippen LogP contribution < -0.4 is 5.56 Å². The number of nitrogens with zero attached hydrogens (tertiary/aromatic N) is 2. The van der Waals surface area contributed by atoms with E-state index in [0.717, 1.165) is 38.9 Å². The number of rotatable bonds is 5. The van der Waals surface area contributed by atoms with Crippen molar-refractivity contribution < 1.29 is 8.91 Å². The van der Waals surface area contributed by atoms with Crippen LogP contribution in [0.3, 0.4) is 0 Å². The summed E-state index contributed by atoms with van der Waals surface area (Å²) >= 11 is 0. The van der Waals surface area contributed by atoms with Crippen LogP contribution in [0.1, 0.15) is 24.8 Å². The second kappa shape index (κ2) is 8.07. The normalized spacial score (nSPS) is 15.9. The molecule has 1 fully saturated rings. The highest BCUT2D eigenvalue weighted by Crippen LogP contribution is 2.25. The molecule has 0 radical (unpaired) electrons. The van der Waals surface area contributed by atoms with Crippen LogP contribution in [0.5, 0.6) is 0 Å². The van der Waals surface area contributed by atoms with Crippen molar-refractivity contribution >= 4 is 21.7 Å². The third kappa shape index (κ3) is 3.77. The van der Waals surface area contributed by atoms with Gasteiger partial charge in [0.05, 0.1) is 11.9 Å². The first-order chi connectivity index (χ1) is 14.7. The minimum absolute atomic E-state index is 0.168. The molecular weight excluding hydrogens is 379 g/mol. The monoisotopic (exact) mass is 404 g/mol. The molecule has 5 rings (SSSR count). The third-order valence-corrected chi connectivity index (χ3v) is 6.33. The molecule has 154 valence electrons. The van der Waals surface area contributed by atoms with E-state index < -0.39 is 0 Å². The van der Waals surface area contributed by atoms with Crippen molar-refractivity contribution in [3.8, 4) is 0 Å². The van der Waals surface area contributed by atoms with Gasteiger partial charge in [0.15, 0.2) is 5.58 Å². The number of hydrogen-bond donors (Lipinski definition) is 0. The lowest BCUT2D eigenvalue weighted by Crippen LogP contribution is -2.33. The molecule has 1 aliphatic rings. The fraction of sp³-hybridized carbons (Fsp3) is 0.320. The number of aryl methyl sites for hydroxylation is 1. The first kappa shape index (κ1) is 19.1. The zero-order chi connectivity index (χ0) is 20.5. The number of fused-ring (bicyclic) bond motifs is 2. The molecule has 0 spiro atoms. The van der Waals surface area contributed by atoms with E-state index >= 15 is 0 Å². The van der Waals surface area contributed by atoms with E-state index in [1.54, 1.807) is 0 Å². The van der Waals surface area contributed by atoms with Crippen molar-refractivity contribution in [3.63, 3.8) is 0 Å². The van der Waals surface area contributed by atoms with Gasteiger partial charge in [-0.05, 0) is 66.7 Å². The Morgan fingerprint density at radius 3 is 2.63 bits per heavy atom.